The average molecular weight is 257 g/mol. The number of anilines is 2. The van der Waals surface area contributed by atoms with Crippen molar-refractivity contribution in [3.05, 3.63) is 35.7 Å². The molecular formula is C16H23N3. The topological polar surface area (TPSA) is 27.3 Å². The Labute approximate surface area is 115 Å². The van der Waals surface area contributed by atoms with E-state index >= 15 is 0 Å². The summed E-state index contributed by atoms with van der Waals surface area (Å²) in [7, 11) is 0. The van der Waals surface area contributed by atoms with Crippen LogP contribution in [0.25, 0.3) is 0 Å². The van der Waals surface area contributed by atoms with Crippen LogP contribution in [-0.2, 0) is 6.54 Å². The third-order valence-electron chi connectivity index (χ3n) is 4.35. The van der Waals surface area contributed by atoms with Crippen molar-refractivity contribution in [1.82, 2.24) is 4.90 Å². The van der Waals surface area contributed by atoms with E-state index in [1.165, 1.54) is 48.4 Å². The lowest BCUT2D eigenvalue weighted by atomic mass is 9.97. The molecule has 1 aromatic rings. The molecule has 0 amide bonds. The number of nitrogens with one attached hydrogen (secondary N) is 2. The summed E-state index contributed by atoms with van der Waals surface area (Å²) in [5.74, 6) is 0.893. The smallest absolute Gasteiger partial charge is 0.0667 e. The maximum absolute atomic E-state index is 3.40. The van der Waals surface area contributed by atoms with Gasteiger partial charge in [-0.15, -0.1) is 0 Å². The number of fused-ring (bicyclic) bond motifs is 1. The fourth-order valence-corrected chi connectivity index (χ4v) is 2.94. The summed E-state index contributed by atoms with van der Waals surface area (Å²) in [4.78, 5) is 2.59. The zero-order valence-corrected chi connectivity index (χ0v) is 11.9. The van der Waals surface area contributed by atoms with Crippen molar-refractivity contribution >= 4 is 11.4 Å². The lowest BCUT2D eigenvalue weighted by Crippen LogP contribution is -2.32. The summed E-state index contributed by atoms with van der Waals surface area (Å²) in [5, 5.41) is 6.71. The van der Waals surface area contributed by atoms with Gasteiger partial charge in [0.2, 0.25) is 0 Å². The van der Waals surface area contributed by atoms with Crippen molar-refractivity contribution in [2.45, 2.75) is 33.2 Å². The highest BCUT2D eigenvalue weighted by Crippen LogP contribution is 2.32. The molecule has 0 unspecified atom stereocenters. The zero-order chi connectivity index (χ0) is 13.2. The van der Waals surface area contributed by atoms with Crippen LogP contribution in [0.3, 0.4) is 0 Å². The van der Waals surface area contributed by atoms with Crippen LogP contribution in [0, 0.1) is 12.8 Å². The molecule has 1 fully saturated rings. The van der Waals surface area contributed by atoms with E-state index in [1.54, 1.807) is 0 Å². The molecule has 102 valence electrons. The van der Waals surface area contributed by atoms with Crippen molar-refractivity contribution in [2.24, 2.45) is 5.92 Å². The SMILES string of the molecule is Cc1ccc2c(c1CN1CCC(C)CC1)NC=CN2. The standard InChI is InChI=1S/C16H23N3/c1-12-5-9-19(10-6-12)11-14-13(2)3-4-15-16(14)18-8-7-17-15/h3-4,7-8,12,17-18H,5-6,9-11H2,1-2H3. The average Bonchev–Trinajstić information content (AvgIpc) is 2.44. The Morgan fingerprint density at radius 2 is 1.89 bits per heavy atom. The van der Waals surface area contributed by atoms with Crippen molar-refractivity contribution in [1.29, 1.82) is 0 Å². The third-order valence-corrected chi connectivity index (χ3v) is 4.35. The molecule has 0 aromatic heterocycles. The van der Waals surface area contributed by atoms with Gasteiger partial charge in [-0.2, -0.15) is 0 Å². The molecule has 2 N–H and O–H groups in total. The molecule has 19 heavy (non-hydrogen) atoms. The van der Waals surface area contributed by atoms with E-state index in [1.807, 2.05) is 12.4 Å². The number of hydrogen-bond acceptors (Lipinski definition) is 3. The Balaban J connectivity index is 1.81. The minimum atomic E-state index is 0.893. The van der Waals surface area contributed by atoms with E-state index in [4.69, 9.17) is 0 Å². The molecule has 2 aliphatic heterocycles. The van der Waals surface area contributed by atoms with E-state index in [0.717, 1.165) is 12.5 Å². The molecule has 1 aromatic carbocycles. The minimum absolute atomic E-state index is 0.893. The van der Waals surface area contributed by atoms with Crippen LogP contribution in [0.5, 0.6) is 0 Å². The van der Waals surface area contributed by atoms with Gasteiger partial charge in [0.05, 0.1) is 11.4 Å². The molecule has 3 heteroatoms. The van der Waals surface area contributed by atoms with Gasteiger partial charge in [0, 0.05) is 18.9 Å². The number of nitrogens with zero attached hydrogens (tertiary/aromatic N) is 1. The second-order valence-corrected chi connectivity index (χ2v) is 5.86. The highest BCUT2D eigenvalue weighted by Gasteiger charge is 2.19. The van der Waals surface area contributed by atoms with Gasteiger partial charge < -0.3 is 10.6 Å². The second-order valence-electron chi connectivity index (χ2n) is 5.86. The highest BCUT2D eigenvalue weighted by molar-refractivity contribution is 5.77. The summed E-state index contributed by atoms with van der Waals surface area (Å²) in [6.45, 7) is 8.09. The lowest BCUT2D eigenvalue weighted by Gasteiger charge is -2.32. The maximum Gasteiger partial charge on any atom is 0.0667 e. The van der Waals surface area contributed by atoms with Crippen molar-refractivity contribution in [3.8, 4) is 0 Å². The maximum atomic E-state index is 3.40. The number of likely N-dealkylation sites (tertiary alicyclic amines) is 1. The molecular weight excluding hydrogens is 234 g/mol. The Kier molecular flexibility index (Phi) is 3.47. The van der Waals surface area contributed by atoms with Crippen LogP contribution >= 0.6 is 0 Å². The first-order valence-corrected chi connectivity index (χ1v) is 7.27. The predicted molar refractivity (Wildman–Crippen MR) is 81.2 cm³/mol. The van der Waals surface area contributed by atoms with E-state index in [-0.39, 0.29) is 0 Å². The fourth-order valence-electron chi connectivity index (χ4n) is 2.94. The van der Waals surface area contributed by atoms with Crippen LogP contribution in [0.15, 0.2) is 24.5 Å². The number of piperidine rings is 1. The van der Waals surface area contributed by atoms with Gasteiger partial charge in [-0.25, -0.2) is 0 Å². The summed E-state index contributed by atoms with van der Waals surface area (Å²) in [5.41, 5.74) is 5.25. The van der Waals surface area contributed by atoms with Gasteiger partial charge in [0.1, 0.15) is 0 Å². The summed E-state index contributed by atoms with van der Waals surface area (Å²) >= 11 is 0. The molecule has 0 atom stereocenters. The lowest BCUT2D eigenvalue weighted by molar-refractivity contribution is 0.185. The molecule has 2 aliphatic rings. The molecule has 3 rings (SSSR count). The third kappa shape index (κ3) is 2.61. The first kappa shape index (κ1) is 12.5. The molecule has 0 saturated carbocycles. The molecule has 1 saturated heterocycles. The normalized spacial score (nSPS) is 19.7. The van der Waals surface area contributed by atoms with Crippen LogP contribution in [0.4, 0.5) is 11.4 Å². The Morgan fingerprint density at radius 3 is 2.68 bits per heavy atom. The number of benzene rings is 1. The van der Waals surface area contributed by atoms with Gasteiger partial charge in [0.25, 0.3) is 0 Å². The Morgan fingerprint density at radius 1 is 1.16 bits per heavy atom. The first-order valence-electron chi connectivity index (χ1n) is 7.27. The Hall–Kier alpha value is -1.48. The van der Waals surface area contributed by atoms with E-state index in [2.05, 4.69) is 41.5 Å². The van der Waals surface area contributed by atoms with Crippen molar-refractivity contribution in [2.75, 3.05) is 23.7 Å². The van der Waals surface area contributed by atoms with Crippen LogP contribution in [-0.4, -0.2) is 18.0 Å². The minimum Gasteiger partial charge on any atom is -0.359 e. The fraction of sp³-hybridized carbons (Fsp3) is 0.500. The van der Waals surface area contributed by atoms with Crippen LogP contribution in [0.2, 0.25) is 0 Å². The van der Waals surface area contributed by atoms with Gasteiger partial charge in [0.15, 0.2) is 0 Å². The second kappa shape index (κ2) is 5.25. The summed E-state index contributed by atoms with van der Waals surface area (Å²) in [6.07, 6.45) is 6.59. The number of rotatable bonds is 2. The summed E-state index contributed by atoms with van der Waals surface area (Å²) < 4.78 is 0. The number of hydrogen-bond donors (Lipinski definition) is 2. The van der Waals surface area contributed by atoms with Crippen molar-refractivity contribution < 1.29 is 0 Å². The zero-order valence-electron chi connectivity index (χ0n) is 11.9. The van der Waals surface area contributed by atoms with E-state index in [0.29, 0.717) is 0 Å². The molecule has 2 heterocycles. The monoisotopic (exact) mass is 257 g/mol. The number of aryl methyl sites for hydroxylation is 1. The van der Waals surface area contributed by atoms with Gasteiger partial charge in [-0.3, -0.25) is 4.90 Å². The van der Waals surface area contributed by atoms with Gasteiger partial charge in [-0.05, 0) is 56.0 Å². The first-order chi connectivity index (χ1) is 9.24. The quantitative estimate of drug-likeness (QED) is 0.848. The molecule has 0 spiro atoms. The van der Waals surface area contributed by atoms with E-state index < -0.39 is 0 Å². The van der Waals surface area contributed by atoms with Gasteiger partial charge >= 0.3 is 0 Å². The van der Waals surface area contributed by atoms with Crippen LogP contribution in [0.1, 0.15) is 30.9 Å². The van der Waals surface area contributed by atoms with Gasteiger partial charge in [-0.1, -0.05) is 13.0 Å². The van der Waals surface area contributed by atoms with Crippen LogP contribution < -0.4 is 10.6 Å². The molecule has 3 nitrogen and oxygen atoms in total. The molecule has 0 radical (unpaired) electrons. The van der Waals surface area contributed by atoms with Crippen molar-refractivity contribution in [3.63, 3.8) is 0 Å². The molecule has 0 aliphatic carbocycles. The highest BCUT2D eigenvalue weighted by atomic mass is 15.1. The Bertz CT molecular complexity index is 485. The predicted octanol–water partition coefficient (Wildman–Crippen LogP) is 3.54. The largest absolute Gasteiger partial charge is 0.359 e. The summed E-state index contributed by atoms with van der Waals surface area (Å²) in [6, 6.07) is 4.37. The van der Waals surface area contributed by atoms with E-state index in [9.17, 15) is 0 Å². The molecule has 0 bridgehead atoms.